The van der Waals surface area contributed by atoms with Crippen LogP contribution >= 0.6 is 23.2 Å². The molecule has 4 fully saturated rings. The van der Waals surface area contributed by atoms with Crippen LogP contribution < -0.4 is 0 Å². The van der Waals surface area contributed by atoms with E-state index in [1.54, 1.807) is 0 Å². The molecule has 0 atom stereocenters. The maximum absolute atomic E-state index is 13.6. The summed E-state index contributed by atoms with van der Waals surface area (Å²) in [6.45, 7) is 4.58. The molecule has 0 unspecified atom stereocenters. The summed E-state index contributed by atoms with van der Waals surface area (Å²) in [6, 6.07) is 0. The predicted molar refractivity (Wildman–Crippen MR) is 123 cm³/mol. The van der Waals surface area contributed by atoms with E-state index in [0.29, 0.717) is 5.78 Å². The number of Topliss-reactive ketones (excluding diaryl/α,β-unsaturated/α-hetero) is 1. The second kappa shape index (κ2) is 8.65. The van der Waals surface area contributed by atoms with Crippen LogP contribution in [0.25, 0.3) is 0 Å². The molecule has 0 heterocycles. The minimum Gasteiger partial charge on any atom is -0.298 e. The van der Waals surface area contributed by atoms with Crippen LogP contribution in [0.5, 0.6) is 0 Å². The van der Waals surface area contributed by atoms with Crippen LogP contribution in [0.2, 0.25) is 0 Å². The largest absolute Gasteiger partial charge is 0.298 e. The Balaban J connectivity index is 1.35. The third-order valence-electron chi connectivity index (χ3n) is 9.87. The zero-order chi connectivity index (χ0) is 20.7. The zero-order valence-corrected chi connectivity index (χ0v) is 20.3. The van der Waals surface area contributed by atoms with Crippen LogP contribution in [0.4, 0.5) is 0 Å². The first-order valence-corrected chi connectivity index (χ1v) is 13.6. The molecule has 1 nitrogen and oxygen atoms in total. The van der Waals surface area contributed by atoms with Crippen LogP contribution in [0.15, 0.2) is 0 Å². The Morgan fingerprint density at radius 3 is 1.55 bits per heavy atom. The van der Waals surface area contributed by atoms with Gasteiger partial charge in [0.05, 0.1) is 10.8 Å². The van der Waals surface area contributed by atoms with Gasteiger partial charge in [0.25, 0.3) is 0 Å². The maximum atomic E-state index is 13.6. The van der Waals surface area contributed by atoms with Crippen molar-refractivity contribution in [3.8, 4) is 0 Å². The first-order chi connectivity index (χ1) is 13.9. The molecule has 4 aliphatic rings. The Bertz CT molecular complexity index is 574. The highest BCUT2D eigenvalue weighted by molar-refractivity contribution is 6.55. The van der Waals surface area contributed by atoms with Crippen molar-refractivity contribution in [3.63, 3.8) is 0 Å². The van der Waals surface area contributed by atoms with E-state index in [0.717, 1.165) is 62.2 Å². The predicted octanol–water partition coefficient (Wildman–Crippen LogP) is 8.50. The molecule has 4 rings (SSSR count). The second-order valence-electron chi connectivity index (χ2n) is 11.2. The van der Waals surface area contributed by atoms with E-state index in [1.807, 2.05) is 0 Å². The lowest BCUT2D eigenvalue weighted by Gasteiger charge is -2.67. The Morgan fingerprint density at radius 1 is 0.690 bits per heavy atom. The van der Waals surface area contributed by atoms with Gasteiger partial charge in [-0.3, -0.25) is 4.79 Å². The minimum atomic E-state index is -0.821. The Kier molecular flexibility index (Phi) is 6.69. The van der Waals surface area contributed by atoms with Gasteiger partial charge in [0.2, 0.25) is 0 Å². The molecule has 4 saturated carbocycles. The number of carbonyl (C=O) groups excluding carboxylic acids is 1. The molecule has 0 amide bonds. The van der Waals surface area contributed by atoms with E-state index in [-0.39, 0.29) is 0 Å². The molecule has 0 N–H and O–H groups in total. The molecular formula is C26H42Cl2O. The fourth-order valence-corrected chi connectivity index (χ4v) is 9.15. The van der Waals surface area contributed by atoms with E-state index in [2.05, 4.69) is 13.8 Å². The van der Waals surface area contributed by atoms with Gasteiger partial charge in [-0.25, -0.2) is 0 Å². The van der Waals surface area contributed by atoms with Gasteiger partial charge < -0.3 is 0 Å². The molecule has 0 radical (unpaired) electrons. The molecule has 0 aromatic heterocycles. The van der Waals surface area contributed by atoms with Gasteiger partial charge in [-0.2, -0.15) is 0 Å². The normalized spacial score (nSPS) is 44.8. The summed E-state index contributed by atoms with van der Waals surface area (Å²) in [4.78, 5) is 13.6. The quantitative estimate of drug-likeness (QED) is 0.391. The van der Waals surface area contributed by atoms with Crippen LogP contribution in [0, 0.1) is 34.5 Å². The molecular weight excluding hydrogens is 399 g/mol. The summed E-state index contributed by atoms with van der Waals surface area (Å²) in [5.74, 6) is 3.89. The molecule has 4 aliphatic carbocycles. The first-order valence-electron chi connectivity index (χ1n) is 12.8. The molecule has 2 spiro atoms. The molecule has 3 heteroatoms. The lowest BCUT2D eigenvalue weighted by molar-refractivity contribution is -0.173. The van der Waals surface area contributed by atoms with Gasteiger partial charge in [-0.05, 0) is 87.9 Å². The van der Waals surface area contributed by atoms with Gasteiger partial charge in [0.15, 0.2) is 5.78 Å². The number of rotatable bonds is 5. The lowest BCUT2D eigenvalue weighted by atomic mass is 9.42. The van der Waals surface area contributed by atoms with Gasteiger partial charge in [-0.1, -0.05) is 75.6 Å². The summed E-state index contributed by atoms with van der Waals surface area (Å²) in [5.41, 5.74) is -0.852. The highest BCUT2D eigenvalue weighted by Crippen LogP contribution is 2.74. The van der Waals surface area contributed by atoms with Crippen molar-refractivity contribution in [2.45, 2.75) is 121 Å². The maximum Gasteiger partial charge on any atom is 0.151 e. The Hall–Kier alpha value is 0.250. The number of carbonyl (C=O) groups is 1. The van der Waals surface area contributed by atoms with Crippen LogP contribution in [0.1, 0.15) is 117 Å². The summed E-state index contributed by atoms with van der Waals surface area (Å²) >= 11 is 14.3. The van der Waals surface area contributed by atoms with E-state index in [9.17, 15) is 4.79 Å². The molecule has 0 aromatic rings. The molecule has 29 heavy (non-hydrogen) atoms. The van der Waals surface area contributed by atoms with Crippen molar-refractivity contribution in [3.05, 3.63) is 0 Å². The topological polar surface area (TPSA) is 17.1 Å². The van der Waals surface area contributed by atoms with Gasteiger partial charge in [0.1, 0.15) is 4.33 Å². The molecule has 166 valence electrons. The number of hydrogen-bond donors (Lipinski definition) is 0. The SMILES string of the molecule is CCCC1CCC(C2CCC3(CC2)C(=O)C2(CCC(CCC)CC2)C3(Cl)Cl)CC1. The van der Waals surface area contributed by atoms with E-state index >= 15 is 0 Å². The lowest BCUT2D eigenvalue weighted by Crippen LogP contribution is -2.74. The summed E-state index contributed by atoms with van der Waals surface area (Å²) in [6.07, 6.45) is 19.3. The highest BCUT2D eigenvalue weighted by Gasteiger charge is 2.79. The third-order valence-corrected chi connectivity index (χ3v) is 11.3. The fraction of sp³-hybridized carbons (Fsp3) is 0.962. The van der Waals surface area contributed by atoms with Gasteiger partial charge in [0, 0.05) is 0 Å². The number of ketones is 1. The van der Waals surface area contributed by atoms with Crippen LogP contribution in [-0.2, 0) is 4.79 Å². The second-order valence-corrected chi connectivity index (χ2v) is 12.5. The van der Waals surface area contributed by atoms with E-state index in [4.69, 9.17) is 23.2 Å². The van der Waals surface area contributed by atoms with Gasteiger partial charge in [-0.15, -0.1) is 0 Å². The standard InChI is InChI=1S/C26H42Cl2O/c1-3-5-19-7-9-21(10-8-19)22-13-17-25(18-14-22)23(29)24(26(25,27)28)15-11-20(6-4-2)12-16-24/h19-22H,3-18H2,1-2H3. The average molecular weight is 442 g/mol. The minimum absolute atomic E-state index is 0.425. The highest BCUT2D eigenvalue weighted by atomic mass is 35.5. The van der Waals surface area contributed by atoms with Gasteiger partial charge >= 0.3 is 0 Å². The summed E-state index contributed by atoms with van der Waals surface area (Å²) in [5, 5.41) is 0. The van der Waals surface area contributed by atoms with E-state index in [1.165, 1.54) is 64.2 Å². The molecule has 0 saturated heterocycles. The molecule has 0 bridgehead atoms. The van der Waals surface area contributed by atoms with Crippen molar-refractivity contribution in [2.24, 2.45) is 34.5 Å². The van der Waals surface area contributed by atoms with Crippen LogP contribution in [-0.4, -0.2) is 10.1 Å². The van der Waals surface area contributed by atoms with Crippen LogP contribution in [0.3, 0.4) is 0 Å². The molecule has 0 aliphatic heterocycles. The van der Waals surface area contributed by atoms with Crippen molar-refractivity contribution in [1.82, 2.24) is 0 Å². The van der Waals surface area contributed by atoms with E-state index < -0.39 is 15.2 Å². The van der Waals surface area contributed by atoms with Crippen molar-refractivity contribution >= 4 is 29.0 Å². The zero-order valence-electron chi connectivity index (χ0n) is 18.8. The fourth-order valence-electron chi connectivity index (χ4n) is 8.05. The monoisotopic (exact) mass is 440 g/mol. The third kappa shape index (κ3) is 3.53. The molecule has 0 aromatic carbocycles. The smallest absolute Gasteiger partial charge is 0.151 e. The first kappa shape index (κ1) is 22.4. The number of hydrogen-bond acceptors (Lipinski definition) is 1. The average Bonchev–Trinajstić information content (AvgIpc) is 2.75. The van der Waals surface area contributed by atoms with Crippen molar-refractivity contribution in [2.75, 3.05) is 0 Å². The Labute approximate surface area is 189 Å². The number of halogens is 2. The van der Waals surface area contributed by atoms with Crippen molar-refractivity contribution < 1.29 is 4.79 Å². The van der Waals surface area contributed by atoms with Crippen molar-refractivity contribution in [1.29, 1.82) is 0 Å². The Morgan fingerprint density at radius 2 is 1.10 bits per heavy atom. The summed E-state index contributed by atoms with van der Waals surface area (Å²) in [7, 11) is 0. The summed E-state index contributed by atoms with van der Waals surface area (Å²) < 4.78 is -0.821. The number of alkyl halides is 2.